The monoisotopic (exact) mass is 251 g/mol. The van der Waals surface area contributed by atoms with Crippen molar-refractivity contribution in [2.75, 3.05) is 13.6 Å². The van der Waals surface area contributed by atoms with Gasteiger partial charge < -0.3 is 0 Å². The van der Waals surface area contributed by atoms with E-state index in [1.54, 1.807) is 0 Å². The van der Waals surface area contributed by atoms with Crippen molar-refractivity contribution in [3.8, 4) is 11.1 Å². The van der Waals surface area contributed by atoms with E-state index in [9.17, 15) is 0 Å². The van der Waals surface area contributed by atoms with Crippen LogP contribution in [0.5, 0.6) is 0 Å². The molecule has 98 valence electrons. The second kappa shape index (κ2) is 5.18. The molecule has 0 spiro atoms. The van der Waals surface area contributed by atoms with E-state index in [2.05, 4.69) is 67.4 Å². The highest BCUT2D eigenvalue weighted by molar-refractivity contribution is 5.68. The molecule has 0 bridgehead atoms. The third kappa shape index (κ3) is 2.31. The van der Waals surface area contributed by atoms with E-state index in [1.165, 1.54) is 41.6 Å². The molecule has 0 aromatic heterocycles. The predicted molar refractivity (Wildman–Crippen MR) is 81.2 cm³/mol. The van der Waals surface area contributed by atoms with E-state index < -0.39 is 0 Å². The molecule has 1 nitrogen and oxygen atoms in total. The SMILES string of the molecule is Cc1c(-c2ccccc2)cccc1[C@@H]1CCCN1C. The highest BCUT2D eigenvalue weighted by atomic mass is 15.1. The first kappa shape index (κ1) is 12.4. The lowest BCUT2D eigenvalue weighted by atomic mass is 9.92. The highest BCUT2D eigenvalue weighted by Gasteiger charge is 2.24. The fraction of sp³-hybridized carbons (Fsp3) is 0.333. The van der Waals surface area contributed by atoms with E-state index in [0.717, 1.165) is 0 Å². The predicted octanol–water partition coefficient (Wildman–Crippen LogP) is 4.43. The molecule has 1 fully saturated rings. The summed E-state index contributed by atoms with van der Waals surface area (Å²) in [6, 6.07) is 18.0. The van der Waals surface area contributed by atoms with E-state index in [1.807, 2.05) is 0 Å². The van der Waals surface area contributed by atoms with Crippen LogP contribution in [-0.4, -0.2) is 18.5 Å². The number of hydrogen-bond acceptors (Lipinski definition) is 1. The molecule has 0 unspecified atom stereocenters. The van der Waals surface area contributed by atoms with Gasteiger partial charge in [0.2, 0.25) is 0 Å². The normalized spacial score (nSPS) is 19.8. The van der Waals surface area contributed by atoms with E-state index >= 15 is 0 Å². The van der Waals surface area contributed by atoms with Crippen LogP contribution in [0.3, 0.4) is 0 Å². The summed E-state index contributed by atoms with van der Waals surface area (Å²) in [5.74, 6) is 0. The van der Waals surface area contributed by atoms with Gasteiger partial charge in [-0.2, -0.15) is 0 Å². The van der Waals surface area contributed by atoms with Crippen LogP contribution in [0, 0.1) is 6.92 Å². The van der Waals surface area contributed by atoms with Gasteiger partial charge in [0.15, 0.2) is 0 Å². The fourth-order valence-corrected chi connectivity index (χ4v) is 3.25. The summed E-state index contributed by atoms with van der Waals surface area (Å²) in [6.07, 6.45) is 2.60. The van der Waals surface area contributed by atoms with Gasteiger partial charge in [-0.15, -0.1) is 0 Å². The van der Waals surface area contributed by atoms with Crippen molar-refractivity contribution in [1.29, 1.82) is 0 Å². The van der Waals surface area contributed by atoms with E-state index in [0.29, 0.717) is 6.04 Å². The van der Waals surface area contributed by atoms with E-state index in [4.69, 9.17) is 0 Å². The molecule has 1 aliphatic rings. The lowest BCUT2D eigenvalue weighted by Crippen LogP contribution is -2.18. The number of benzene rings is 2. The van der Waals surface area contributed by atoms with Gasteiger partial charge in [-0.05, 0) is 55.6 Å². The third-order valence-electron chi connectivity index (χ3n) is 4.34. The summed E-state index contributed by atoms with van der Waals surface area (Å²) in [5, 5.41) is 0. The topological polar surface area (TPSA) is 3.24 Å². The van der Waals surface area contributed by atoms with Crippen molar-refractivity contribution in [2.45, 2.75) is 25.8 Å². The van der Waals surface area contributed by atoms with Gasteiger partial charge in [0.05, 0.1) is 0 Å². The molecule has 1 atom stereocenters. The van der Waals surface area contributed by atoms with Gasteiger partial charge in [-0.1, -0.05) is 48.5 Å². The van der Waals surface area contributed by atoms with Crippen LogP contribution in [-0.2, 0) is 0 Å². The lowest BCUT2D eigenvalue weighted by Gasteiger charge is -2.23. The van der Waals surface area contributed by atoms with Crippen LogP contribution < -0.4 is 0 Å². The Morgan fingerprint density at radius 3 is 2.47 bits per heavy atom. The summed E-state index contributed by atoms with van der Waals surface area (Å²) in [5.41, 5.74) is 5.63. The van der Waals surface area contributed by atoms with E-state index in [-0.39, 0.29) is 0 Å². The lowest BCUT2D eigenvalue weighted by molar-refractivity contribution is 0.316. The largest absolute Gasteiger partial charge is 0.299 e. The third-order valence-corrected chi connectivity index (χ3v) is 4.34. The minimum absolute atomic E-state index is 0.601. The molecular weight excluding hydrogens is 230 g/mol. The highest BCUT2D eigenvalue weighted by Crippen LogP contribution is 2.35. The Bertz CT molecular complexity index is 559. The summed E-state index contributed by atoms with van der Waals surface area (Å²) in [4.78, 5) is 2.48. The Morgan fingerprint density at radius 2 is 1.79 bits per heavy atom. The Morgan fingerprint density at radius 1 is 1.00 bits per heavy atom. The van der Waals surface area contributed by atoms with Crippen molar-refractivity contribution in [1.82, 2.24) is 4.90 Å². The molecule has 0 aliphatic carbocycles. The maximum Gasteiger partial charge on any atom is 0.0348 e. The first-order valence-electron chi connectivity index (χ1n) is 7.12. The van der Waals surface area contributed by atoms with Gasteiger partial charge in [-0.25, -0.2) is 0 Å². The maximum atomic E-state index is 2.48. The Hall–Kier alpha value is -1.60. The molecule has 3 rings (SSSR count). The Balaban J connectivity index is 2.04. The summed E-state index contributed by atoms with van der Waals surface area (Å²) in [7, 11) is 2.24. The summed E-state index contributed by atoms with van der Waals surface area (Å²) < 4.78 is 0. The fourth-order valence-electron chi connectivity index (χ4n) is 3.25. The van der Waals surface area contributed by atoms with Gasteiger partial charge in [0.1, 0.15) is 0 Å². The number of rotatable bonds is 2. The number of likely N-dealkylation sites (tertiary alicyclic amines) is 1. The zero-order valence-electron chi connectivity index (χ0n) is 11.8. The second-order valence-corrected chi connectivity index (χ2v) is 5.52. The second-order valence-electron chi connectivity index (χ2n) is 5.52. The molecule has 0 amide bonds. The van der Waals surface area contributed by atoms with Crippen molar-refractivity contribution in [3.05, 3.63) is 59.7 Å². The van der Waals surface area contributed by atoms with Crippen molar-refractivity contribution < 1.29 is 0 Å². The standard InChI is InChI=1S/C18H21N/c1-14-16(15-8-4-3-5-9-15)10-6-11-17(14)18-12-7-13-19(18)2/h3-6,8-11,18H,7,12-13H2,1-2H3/t18-/m0/s1. The van der Waals surface area contributed by atoms with Gasteiger partial charge in [0, 0.05) is 6.04 Å². The van der Waals surface area contributed by atoms with Gasteiger partial charge in [0.25, 0.3) is 0 Å². The minimum Gasteiger partial charge on any atom is -0.299 e. The quantitative estimate of drug-likeness (QED) is 0.763. The minimum atomic E-state index is 0.601. The first-order valence-corrected chi connectivity index (χ1v) is 7.12. The first-order chi connectivity index (χ1) is 9.27. The molecule has 2 aromatic rings. The zero-order chi connectivity index (χ0) is 13.2. The molecule has 0 saturated carbocycles. The molecule has 1 saturated heterocycles. The molecule has 2 aromatic carbocycles. The van der Waals surface area contributed by atoms with Gasteiger partial charge in [-0.3, -0.25) is 4.90 Å². The van der Waals surface area contributed by atoms with Crippen LogP contribution in [0.15, 0.2) is 48.5 Å². The molecule has 0 radical (unpaired) electrons. The van der Waals surface area contributed by atoms with Crippen molar-refractivity contribution in [2.24, 2.45) is 0 Å². The molecule has 19 heavy (non-hydrogen) atoms. The number of nitrogens with zero attached hydrogens (tertiary/aromatic N) is 1. The summed E-state index contributed by atoms with van der Waals surface area (Å²) in [6.45, 7) is 3.49. The summed E-state index contributed by atoms with van der Waals surface area (Å²) >= 11 is 0. The van der Waals surface area contributed by atoms with Crippen molar-refractivity contribution in [3.63, 3.8) is 0 Å². The average molecular weight is 251 g/mol. The Labute approximate surface area is 115 Å². The van der Waals surface area contributed by atoms with Gasteiger partial charge >= 0.3 is 0 Å². The average Bonchev–Trinajstić information content (AvgIpc) is 2.86. The maximum absolute atomic E-state index is 2.48. The molecular formula is C18H21N. The van der Waals surface area contributed by atoms with Crippen LogP contribution in [0.1, 0.15) is 30.0 Å². The van der Waals surface area contributed by atoms with Crippen LogP contribution >= 0.6 is 0 Å². The van der Waals surface area contributed by atoms with Crippen molar-refractivity contribution >= 4 is 0 Å². The molecule has 1 heterocycles. The van der Waals surface area contributed by atoms with Crippen LogP contribution in [0.2, 0.25) is 0 Å². The molecule has 0 N–H and O–H groups in total. The number of hydrogen-bond donors (Lipinski definition) is 0. The smallest absolute Gasteiger partial charge is 0.0348 e. The van der Waals surface area contributed by atoms with Crippen LogP contribution in [0.25, 0.3) is 11.1 Å². The molecule has 1 heteroatoms. The Kier molecular flexibility index (Phi) is 3.39. The zero-order valence-corrected chi connectivity index (χ0v) is 11.8. The van der Waals surface area contributed by atoms with Crippen LogP contribution in [0.4, 0.5) is 0 Å². The molecule has 1 aliphatic heterocycles.